The summed E-state index contributed by atoms with van der Waals surface area (Å²) in [5.74, 6) is 6.49. The van der Waals surface area contributed by atoms with E-state index in [1.165, 1.54) is 18.9 Å². The van der Waals surface area contributed by atoms with Crippen LogP contribution >= 0.6 is 0 Å². The Labute approximate surface area is 259 Å². The molecular formula is C30H29F6N7O3. The number of anilines is 1. The molecule has 16 heteroatoms. The maximum Gasteiger partial charge on any atom is 0.416 e. The molecule has 0 unspecified atom stereocenters. The second-order valence-electron chi connectivity index (χ2n) is 10.9. The third-order valence-corrected chi connectivity index (χ3v) is 7.98. The van der Waals surface area contributed by atoms with Crippen LogP contribution in [0.1, 0.15) is 47.4 Å². The van der Waals surface area contributed by atoms with Gasteiger partial charge in [-0.2, -0.15) is 31.4 Å². The zero-order chi connectivity index (χ0) is 33.4. The molecule has 3 aromatic rings. The predicted octanol–water partition coefficient (Wildman–Crippen LogP) is 6.93. The third kappa shape index (κ3) is 6.55. The van der Waals surface area contributed by atoms with E-state index >= 15 is 0 Å². The number of benzene rings is 2. The first-order chi connectivity index (χ1) is 21.7. The molecule has 1 amide bonds. The molecule has 244 valence electrons. The van der Waals surface area contributed by atoms with Gasteiger partial charge in [0.15, 0.2) is 5.84 Å². The van der Waals surface area contributed by atoms with Gasteiger partial charge < -0.3 is 20.2 Å². The molecule has 5 rings (SSSR count). The molecule has 0 saturated carbocycles. The molecule has 46 heavy (non-hydrogen) atoms. The summed E-state index contributed by atoms with van der Waals surface area (Å²) < 4.78 is 92.4. The van der Waals surface area contributed by atoms with E-state index in [0.717, 1.165) is 19.5 Å². The van der Waals surface area contributed by atoms with Crippen LogP contribution in [0.25, 0.3) is 11.1 Å². The Morgan fingerprint density at radius 1 is 1.04 bits per heavy atom. The summed E-state index contributed by atoms with van der Waals surface area (Å²) in [6, 6.07) is 9.04. The van der Waals surface area contributed by atoms with Gasteiger partial charge in [-0.3, -0.25) is 4.90 Å². The highest BCUT2D eigenvalue weighted by Crippen LogP contribution is 2.42. The number of halogens is 6. The zero-order valence-corrected chi connectivity index (χ0v) is 24.6. The summed E-state index contributed by atoms with van der Waals surface area (Å²) in [5.41, 5.74) is 6.04. The molecule has 0 radical (unpaired) electrons. The fraction of sp³-hybridized carbons (Fsp3) is 0.367. The first kappa shape index (κ1) is 32.5. The van der Waals surface area contributed by atoms with Crippen LogP contribution in [0.2, 0.25) is 0 Å². The van der Waals surface area contributed by atoms with E-state index in [1.54, 1.807) is 24.3 Å². The molecule has 10 nitrogen and oxygen atoms in total. The molecule has 1 aromatic heterocycles. The standard InChI is InChI=1S/C30H29F6N7O3/c1-16-27(18-12-19(29(31,32)33)14-20(13-18)30(34,35)36)46-28(44)43(16)15-23-21(5-7-26(39-23)42-8-3-9-42)22-10-17(4-6-24(22)45-2)11-25(40-37)41-38/h4-7,10,12-14,16,27,37H,3,8-9,11,15,38H2,1-2H3/t16-,27-/m0/s1. The number of nitrogens with one attached hydrogen (secondary N) is 1. The number of pyridine rings is 1. The van der Waals surface area contributed by atoms with Crippen molar-refractivity contribution in [2.45, 2.75) is 50.8 Å². The lowest BCUT2D eigenvalue weighted by Crippen LogP contribution is -2.38. The first-order valence-corrected chi connectivity index (χ1v) is 14.1. The average molecular weight is 650 g/mol. The van der Waals surface area contributed by atoms with Crippen molar-refractivity contribution in [2.24, 2.45) is 16.1 Å². The molecular weight excluding hydrogens is 620 g/mol. The van der Waals surface area contributed by atoms with Gasteiger partial charge in [-0.1, -0.05) is 6.07 Å². The molecule has 3 N–H and O–H groups in total. The third-order valence-electron chi connectivity index (χ3n) is 7.98. The molecule has 2 aliphatic rings. The highest BCUT2D eigenvalue weighted by molar-refractivity contribution is 5.85. The fourth-order valence-electron chi connectivity index (χ4n) is 5.41. The fourth-order valence-corrected chi connectivity index (χ4v) is 5.41. The lowest BCUT2D eigenvalue weighted by molar-refractivity contribution is -0.143. The predicted molar refractivity (Wildman–Crippen MR) is 154 cm³/mol. The highest BCUT2D eigenvalue weighted by Gasteiger charge is 2.43. The van der Waals surface area contributed by atoms with Crippen LogP contribution in [0.15, 0.2) is 58.7 Å². The minimum atomic E-state index is -5.06. The Morgan fingerprint density at radius 2 is 1.72 bits per heavy atom. The molecule has 0 aliphatic carbocycles. The number of hydrogen-bond donors (Lipinski definition) is 2. The second-order valence-corrected chi connectivity index (χ2v) is 10.9. The van der Waals surface area contributed by atoms with Gasteiger partial charge in [0.1, 0.15) is 17.7 Å². The summed E-state index contributed by atoms with van der Waals surface area (Å²) >= 11 is 0. The molecule has 0 bridgehead atoms. The molecule has 2 fully saturated rings. The molecule has 2 aliphatic heterocycles. The van der Waals surface area contributed by atoms with Crippen molar-refractivity contribution < 1.29 is 40.6 Å². The van der Waals surface area contributed by atoms with E-state index in [0.29, 0.717) is 46.1 Å². The average Bonchev–Trinajstić information content (AvgIpc) is 3.26. The Kier molecular flexibility index (Phi) is 8.82. The first-order valence-electron chi connectivity index (χ1n) is 14.1. The highest BCUT2D eigenvalue weighted by atomic mass is 19.4. The monoisotopic (exact) mass is 649 g/mol. The summed E-state index contributed by atoms with van der Waals surface area (Å²) in [4.78, 5) is 21.2. The quantitative estimate of drug-likeness (QED) is 0.0680. The number of amidine groups is 1. The van der Waals surface area contributed by atoms with Crippen molar-refractivity contribution in [3.63, 3.8) is 0 Å². The number of hydrazone groups is 1. The summed E-state index contributed by atoms with van der Waals surface area (Å²) in [5, 5.41) is 6.81. The summed E-state index contributed by atoms with van der Waals surface area (Å²) in [6.45, 7) is 2.85. The Hall–Kier alpha value is -4.89. The molecule has 2 saturated heterocycles. The van der Waals surface area contributed by atoms with Crippen molar-refractivity contribution in [1.29, 1.82) is 5.53 Å². The summed E-state index contributed by atoms with van der Waals surface area (Å²) in [7, 11) is 1.47. The van der Waals surface area contributed by atoms with Crippen LogP contribution in [-0.2, 0) is 30.1 Å². The SMILES string of the molecule is COc1ccc(CC(N=N)=NN)cc1-c1ccc(N2CCC2)nc1CN1C(=O)O[C@H](c2cc(C(F)(F)F)cc(C(F)(F)F)c2)[C@@H]1C. The topological polar surface area (TPSA) is 129 Å². The van der Waals surface area contributed by atoms with E-state index < -0.39 is 47.3 Å². The van der Waals surface area contributed by atoms with Crippen molar-refractivity contribution in [3.05, 3.63) is 76.5 Å². The van der Waals surface area contributed by atoms with Gasteiger partial charge in [0.25, 0.3) is 0 Å². The Bertz CT molecular complexity index is 1640. The van der Waals surface area contributed by atoms with E-state index in [1.807, 2.05) is 11.0 Å². The van der Waals surface area contributed by atoms with Crippen LogP contribution in [0.4, 0.5) is 37.0 Å². The number of hydrogen-bond acceptors (Lipinski definition) is 8. The number of rotatable bonds is 8. The summed E-state index contributed by atoms with van der Waals surface area (Å²) in [6.07, 6.45) is -11.4. The number of aromatic nitrogens is 1. The van der Waals surface area contributed by atoms with E-state index in [4.69, 9.17) is 25.8 Å². The number of methoxy groups -OCH3 is 1. The number of nitrogens with two attached hydrogens (primary N) is 1. The molecule has 2 aromatic carbocycles. The maximum atomic E-state index is 13.6. The van der Waals surface area contributed by atoms with E-state index in [9.17, 15) is 31.1 Å². The van der Waals surface area contributed by atoms with E-state index in [2.05, 4.69) is 10.2 Å². The Balaban J connectivity index is 1.54. The number of cyclic esters (lactones) is 1. The van der Waals surface area contributed by atoms with Gasteiger partial charge in [0.2, 0.25) is 0 Å². The number of carbonyl (C=O) groups excluding carboxylic acids is 1. The van der Waals surface area contributed by atoms with Crippen molar-refractivity contribution in [2.75, 3.05) is 25.1 Å². The van der Waals surface area contributed by atoms with Gasteiger partial charge in [-0.25, -0.2) is 15.3 Å². The van der Waals surface area contributed by atoms with Gasteiger partial charge in [0.05, 0.1) is 36.5 Å². The minimum absolute atomic E-state index is 0.0299. The number of amides is 1. The number of alkyl halides is 6. The lowest BCUT2D eigenvalue weighted by Gasteiger charge is -2.33. The van der Waals surface area contributed by atoms with Crippen LogP contribution in [-0.4, -0.2) is 48.1 Å². The van der Waals surface area contributed by atoms with E-state index in [-0.39, 0.29) is 24.9 Å². The molecule has 0 spiro atoms. The normalized spacial score (nSPS) is 18.8. The van der Waals surface area contributed by atoms with Crippen LogP contribution < -0.4 is 15.5 Å². The zero-order valence-electron chi connectivity index (χ0n) is 24.6. The smallest absolute Gasteiger partial charge is 0.416 e. The van der Waals surface area contributed by atoms with Gasteiger partial charge >= 0.3 is 18.4 Å². The molecule has 2 atom stereocenters. The Morgan fingerprint density at radius 3 is 2.26 bits per heavy atom. The van der Waals surface area contributed by atoms with Crippen LogP contribution in [0.3, 0.4) is 0 Å². The minimum Gasteiger partial charge on any atom is -0.496 e. The molecule has 3 heterocycles. The van der Waals surface area contributed by atoms with Gasteiger partial charge in [-0.15, -0.1) is 5.11 Å². The largest absolute Gasteiger partial charge is 0.496 e. The van der Waals surface area contributed by atoms with Crippen LogP contribution in [0.5, 0.6) is 5.75 Å². The van der Waals surface area contributed by atoms with Crippen molar-refractivity contribution >= 4 is 17.7 Å². The van der Waals surface area contributed by atoms with Crippen molar-refractivity contribution in [3.8, 4) is 16.9 Å². The lowest BCUT2D eigenvalue weighted by atomic mass is 9.96. The maximum absolute atomic E-state index is 13.6. The van der Waals surface area contributed by atoms with Gasteiger partial charge in [0, 0.05) is 30.6 Å². The number of carbonyl (C=O) groups is 1. The van der Waals surface area contributed by atoms with Crippen LogP contribution in [0, 0.1) is 5.53 Å². The second kappa shape index (κ2) is 12.5. The number of ether oxygens (including phenoxy) is 2. The van der Waals surface area contributed by atoms with Crippen molar-refractivity contribution in [1.82, 2.24) is 9.88 Å². The number of nitrogens with zero attached hydrogens (tertiary/aromatic N) is 5. The van der Waals surface area contributed by atoms with Gasteiger partial charge in [-0.05, 0) is 66.9 Å².